The second-order valence-corrected chi connectivity index (χ2v) is 5.78. The number of hydrogen-bond acceptors (Lipinski definition) is 3. The Hall–Kier alpha value is -1.95. The van der Waals surface area contributed by atoms with E-state index < -0.39 is 11.6 Å². The van der Waals surface area contributed by atoms with Gasteiger partial charge in [-0.05, 0) is 24.3 Å². The first-order valence-electron chi connectivity index (χ1n) is 6.40. The minimum Gasteiger partial charge on any atom is -0.321 e. The molecule has 1 aliphatic heterocycles. The van der Waals surface area contributed by atoms with Crippen LogP contribution in [-0.2, 0) is 11.3 Å². The van der Waals surface area contributed by atoms with E-state index in [4.69, 9.17) is 0 Å². The van der Waals surface area contributed by atoms with Gasteiger partial charge in [0.2, 0.25) is 5.91 Å². The molecule has 0 saturated carbocycles. The Morgan fingerprint density at radius 3 is 2.95 bits per heavy atom. The fourth-order valence-electron chi connectivity index (χ4n) is 2.27. The van der Waals surface area contributed by atoms with Crippen LogP contribution in [0.1, 0.15) is 16.5 Å². The zero-order valence-electron chi connectivity index (χ0n) is 11.0. The Balaban J connectivity index is 1.88. The fraction of sp³-hybridized carbons (Fsp3) is 0.200. The average molecular weight is 306 g/mol. The van der Waals surface area contributed by atoms with Crippen LogP contribution in [-0.4, -0.2) is 21.5 Å². The van der Waals surface area contributed by atoms with Crippen molar-refractivity contribution in [1.82, 2.24) is 9.88 Å². The van der Waals surface area contributed by atoms with Gasteiger partial charge in [-0.15, -0.1) is 11.8 Å². The molecule has 2 heterocycles. The van der Waals surface area contributed by atoms with Gasteiger partial charge in [-0.2, -0.15) is 0 Å². The Bertz CT molecular complexity index is 666. The minimum absolute atomic E-state index is 0.0506. The first-order valence-corrected chi connectivity index (χ1v) is 7.45. The van der Waals surface area contributed by atoms with Crippen LogP contribution in [0.25, 0.3) is 0 Å². The smallest absolute Gasteiger partial charge is 0.234 e. The third-order valence-electron chi connectivity index (χ3n) is 3.29. The number of amides is 1. The number of pyridine rings is 1. The number of aromatic nitrogens is 1. The summed E-state index contributed by atoms with van der Waals surface area (Å²) in [6.45, 7) is 0.0506. The highest BCUT2D eigenvalue weighted by Gasteiger charge is 2.33. The lowest BCUT2D eigenvalue weighted by atomic mass is 10.1. The fourth-order valence-corrected chi connectivity index (χ4v) is 3.44. The van der Waals surface area contributed by atoms with Crippen LogP contribution >= 0.6 is 11.8 Å². The van der Waals surface area contributed by atoms with Crippen molar-refractivity contribution in [3.63, 3.8) is 0 Å². The number of rotatable bonds is 3. The Kier molecular flexibility index (Phi) is 3.88. The van der Waals surface area contributed by atoms with Crippen LogP contribution in [0.5, 0.6) is 0 Å². The lowest BCUT2D eigenvalue weighted by molar-refractivity contribution is -0.128. The van der Waals surface area contributed by atoms with Crippen molar-refractivity contribution >= 4 is 17.7 Å². The zero-order chi connectivity index (χ0) is 14.8. The summed E-state index contributed by atoms with van der Waals surface area (Å²) in [5.41, 5.74) is 1.06. The minimum atomic E-state index is -0.511. The highest BCUT2D eigenvalue weighted by atomic mass is 32.2. The molecule has 21 heavy (non-hydrogen) atoms. The summed E-state index contributed by atoms with van der Waals surface area (Å²) in [5.74, 6) is -0.775. The van der Waals surface area contributed by atoms with Crippen LogP contribution in [0.15, 0.2) is 42.7 Å². The molecule has 108 valence electrons. The maximum absolute atomic E-state index is 13.8. The van der Waals surface area contributed by atoms with Gasteiger partial charge in [0.25, 0.3) is 0 Å². The molecular formula is C15H12F2N2OS. The Morgan fingerprint density at radius 2 is 2.19 bits per heavy atom. The van der Waals surface area contributed by atoms with Crippen molar-refractivity contribution in [3.8, 4) is 0 Å². The SMILES string of the molecule is O=C1CSC(c2cccnc2)N1Cc1cc(F)ccc1F. The van der Waals surface area contributed by atoms with Crippen molar-refractivity contribution in [2.24, 2.45) is 0 Å². The third kappa shape index (κ3) is 2.90. The molecule has 2 aromatic rings. The number of nitrogens with zero attached hydrogens (tertiary/aromatic N) is 2. The molecular weight excluding hydrogens is 294 g/mol. The lowest BCUT2D eigenvalue weighted by Crippen LogP contribution is -2.28. The van der Waals surface area contributed by atoms with Crippen LogP contribution in [0.3, 0.4) is 0 Å². The van der Waals surface area contributed by atoms with E-state index in [-0.39, 0.29) is 23.4 Å². The second kappa shape index (κ2) is 5.81. The molecule has 1 amide bonds. The van der Waals surface area contributed by atoms with Gasteiger partial charge in [-0.25, -0.2) is 8.78 Å². The Labute approximate surface area is 125 Å². The molecule has 1 saturated heterocycles. The molecule has 3 nitrogen and oxygen atoms in total. The topological polar surface area (TPSA) is 33.2 Å². The predicted molar refractivity (Wildman–Crippen MR) is 76.3 cm³/mol. The number of thioether (sulfide) groups is 1. The largest absolute Gasteiger partial charge is 0.321 e. The summed E-state index contributed by atoms with van der Waals surface area (Å²) >= 11 is 1.46. The van der Waals surface area contributed by atoms with Crippen LogP contribution in [0.4, 0.5) is 8.78 Å². The van der Waals surface area contributed by atoms with Crippen molar-refractivity contribution < 1.29 is 13.6 Å². The lowest BCUT2D eigenvalue weighted by Gasteiger charge is -2.24. The zero-order valence-corrected chi connectivity index (χ0v) is 11.8. The van der Waals surface area contributed by atoms with E-state index in [0.29, 0.717) is 5.75 Å². The summed E-state index contributed by atoms with van der Waals surface area (Å²) in [4.78, 5) is 17.6. The third-order valence-corrected chi connectivity index (χ3v) is 4.54. The summed E-state index contributed by atoms with van der Waals surface area (Å²) in [6, 6.07) is 6.94. The molecule has 1 atom stereocenters. The molecule has 0 bridgehead atoms. The van der Waals surface area contributed by atoms with Gasteiger partial charge in [0.1, 0.15) is 17.0 Å². The number of benzene rings is 1. The summed E-state index contributed by atoms with van der Waals surface area (Å²) < 4.78 is 27.0. The maximum Gasteiger partial charge on any atom is 0.234 e. The summed E-state index contributed by atoms with van der Waals surface area (Å²) in [7, 11) is 0. The number of carbonyl (C=O) groups is 1. The molecule has 1 aliphatic rings. The quantitative estimate of drug-likeness (QED) is 0.873. The normalized spacial score (nSPS) is 18.3. The molecule has 6 heteroatoms. The van der Waals surface area contributed by atoms with Crippen molar-refractivity contribution in [2.75, 3.05) is 5.75 Å². The van der Waals surface area contributed by atoms with Gasteiger partial charge in [0, 0.05) is 23.5 Å². The van der Waals surface area contributed by atoms with Gasteiger partial charge in [0.05, 0.1) is 12.3 Å². The van der Waals surface area contributed by atoms with Gasteiger partial charge in [-0.1, -0.05) is 6.07 Å². The predicted octanol–water partition coefficient (Wildman–Crippen LogP) is 3.13. The standard InChI is InChI=1S/C15H12F2N2OS/c16-12-3-4-13(17)11(6-12)8-19-14(20)9-21-15(19)10-2-1-5-18-7-10/h1-7,15H,8-9H2. The molecule has 1 unspecified atom stereocenters. The second-order valence-electron chi connectivity index (χ2n) is 4.71. The van der Waals surface area contributed by atoms with Gasteiger partial charge in [0.15, 0.2) is 0 Å². The van der Waals surface area contributed by atoms with Crippen LogP contribution in [0, 0.1) is 11.6 Å². The molecule has 1 aromatic heterocycles. The van der Waals surface area contributed by atoms with Crippen LogP contribution < -0.4 is 0 Å². The first-order chi connectivity index (χ1) is 10.1. The Morgan fingerprint density at radius 1 is 1.33 bits per heavy atom. The van der Waals surface area contributed by atoms with E-state index in [1.165, 1.54) is 11.8 Å². The van der Waals surface area contributed by atoms with Crippen molar-refractivity contribution in [2.45, 2.75) is 11.9 Å². The molecule has 0 radical (unpaired) electrons. The molecule has 1 fully saturated rings. The highest BCUT2D eigenvalue weighted by Crippen LogP contribution is 2.39. The van der Waals surface area contributed by atoms with E-state index in [9.17, 15) is 13.6 Å². The first kappa shape index (κ1) is 14.0. The van der Waals surface area contributed by atoms with E-state index in [2.05, 4.69) is 4.98 Å². The van der Waals surface area contributed by atoms with E-state index in [1.807, 2.05) is 6.07 Å². The van der Waals surface area contributed by atoms with Crippen LogP contribution in [0.2, 0.25) is 0 Å². The van der Waals surface area contributed by atoms with Gasteiger partial charge >= 0.3 is 0 Å². The van der Waals surface area contributed by atoms with Crippen molar-refractivity contribution in [1.29, 1.82) is 0 Å². The molecule has 3 rings (SSSR count). The average Bonchev–Trinajstić information content (AvgIpc) is 2.85. The van der Waals surface area contributed by atoms with E-state index >= 15 is 0 Å². The summed E-state index contributed by atoms with van der Waals surface area (Å²) in [5, 5.41) is -0.214. The molecule has 0 spiro atoms. The maximum atomic E-state index is 13.8. The molecule has 1 aromatic carbocycles. The van der Waals surface area contributed by atoms with E-state index in [1.54, 1.807) is 23.4 Å². The molecule has 0 N–H and O–H groups in total. The molecule has 0 aliphatic carbocycles. The number of carbonyl (C=O) groups excluding carboxylic acids is 1. The number of hydrogen-bond donors (Lipinski definition) is 0. The number of halogens is 2. The van der Waals surface area contributed by atoms with E-state index in [0.717, 1.165) is 23.8 Å². The monoisotopic (exact) mass is 306 g/mol. The summed E-state index contributed by atoms with van der Waals surface area (Å²) in [6.07, 6.45) is 3.34. The van der Waals surface area contributed by atoms with Gasteiger partial charge < -0.3 is 4.90 Å². The van der Waals surface area contributed by atoms with Crippen molar-refractivity contribution in [3.05, 3.63) is 65.5 Å². The van der Waals surface area contributed by atoms with Gasteiger partial charge in [-0.3, -0.25) is 9.78 Å². The highest BCUT2D eigenvalue weighted by molar-refractivity contribution is 8.00.